The second-order valence-corrected chi connectivity index (χ2v) is 12.9. The summed E-state index contributed by atoms with van der Waals surface area (Å²) in [5.41, 5.74) is 0. The van der Waals surface area contributed by atoms with Gasteiger partial charge in [-0.2, -0.15) is 0 Å². The van der Waals surface area contributed by atoms with E-state index in [4.69, 9.17) is 4.12 Å². The van der Waals surface area contributed by atoms with Crippen molar-refractivity contribution in [3.63, 3.8) is 0 Å². The van der Waals surface area contributed by atoms with Gasteiger partial charge in [-0.25, -0.2) is 0 Å². The van der Waals surface area contributed by atoms with Crippen molar-refractivity contribution in [1.29, 1.82) is 0 Å². The van der Waals surface area contributed by atoms with Crippen molar-refractivity contribution in [1.82, 2.24) is 0 Å². The molecule has 68 valence electrons. The Bertz CT molecular complexity index is 112. The first-order chi connectivity index (χ1) is 4.83. The zero-order chi connectivity index (χ0) is 9.12. The van der Waals surface area contributed by atoms with Gasteiger partial charge in [0.25, 0.3) is 0 Å². The molecule has 0 saturated carbocycles. The molecule has 0 spiro atoms. The fraction of sp³-hybridized carbons (Fsp3) is 1.00. The standard InChI is InChI=1S/C7H19FOSi2/c1-6-10(2,3)9-11(4,5)7-8/h6-7H2,1-5H3. The lowest BCUT2D eigenvalue weighted by Crippen LogP contribution is -2.45. The van der Waals surface area contributed by atoms with E-state index in [0.717, 1.165) is 6.04 Å². The minimum absolute atomic E-state index is 0.260. The number of hydrogen-bond donors (Lipinski definition) is 0. The van der Waals surface area contributed by atoms with Crippen LogP contribution < -0.4 is 0 Å². The first-order valence-corrected chi connectivity index (χ1v) is 10.3. The Labute approximate surface area is 71.2 Å². The van der Waals surface area contributed by atoms with Crippen LogP contribution in [0.4, 0.5) is 4.39 Å². The Morgan fingerprint density at radius 2 is 1.55 bits per heavy atom. The van der Waals surface area contributed by atoms with Crippen LogP contribution in [0.3, 0.4) is 0 Å². The van der Waals surface area contributed by atoms with Crippen molar-refractivity contribution < 1.29 is 8.51 Å². The number of halogens is 1. The molecule has 0 aliphatic rings. The van der Waals surface area contributed by atoms with E-state index in [2.05, 4.69) is 20.0 Å². The molecule has 0 heterocycles. The molecule has 4 heteroatoms. The highest BCUT2D eigenvalue weighted by molar-refractivity contribution is 6.84. The predicted octanol–water partition coefficient (Wildman–Crippen LogP) is 2.94. The van der Waals surface area contributed by atoms with Crippen molar-refractivity contribution in [3.8, 4) is 0 Å². The predicted molar refractivity (Wildman–Crippen MR) is 52.5 cm³/mol. The molecule has 0 saturated heterocycles. The number of rotatable bonds is 4. The summed E-state index contributed by atoms with van der Waals surface area (Å²) in [6.07, 6.45) is -0.260. The molecule has 0 atom stereocenters. The first kappa shape index (κ1) is 11.3. The second kappa shape index (κ2) is 3.82. The van der Waals surface area contributed by atoms with Gasteiger partial charge in [-0.15, -0.1) is 0 Å². The first-order valence-electron chi connectivity index (χ1n) is 4.09. The third-order valence-electron chi connectivity index (χ3n) is 1.73. The van der Waals surface area contributed by atoms with Crippen LogP contribution in [0.1, 0.15) is 6.92 Å². The molecule has 0 radical (unpaired) electrons. The van der Waals surface area contributed by atoms with Crippen molar-refractivity contribution in [2.24, 2.45) is 0 Å². The van der Waals surface area contributed by atoms with E-state index in [1.54, 1.807) is 0 Å². The van der Waals surface area contributed by atoms with Gasteiger partial charge in [0.15, 0.2) is 8.32 Å². The summed E-state index contributed by atoms with van der Waals surface area (Å²) in [6.45, 7) is 10.3. The van der Waals surface area contributed by atoms with Gasteiger partial charge in [-0.1, -0.05) is 6.92 Å². The van der Waals surface area contributed by atoms with Crippen LogP contribution in [0, 0.1) is 0 Å². The molecule has 0 aromatic rings. The maximum absolute atomic E-state index is 12.4. The Morgan fingerprint density at radius 1 is 1.09 bits per heavy atom. The fourth-order valence-corrected chi connectivity index (χ4v) is 7.63. The molecule has 0 bridgehead atoms. The van der Waals surface area contributed by atoms with Gasteiger partial charge in [0.05, 0.1) is 0 Å². The molecule has 0 aliphatic carbocycles. The van der Waals surface area contributed by atoms with E-state index in [0.29, 0.717) is 0 Å². The minimum atomic E-state index is -1.94. The van der Waals surface area contributed by atoms with Crippen LogP contribution in [-0.4, -0.2) is 22.9 Å². The van der Waals surface area contributed by atoms with E-state index in [-0.39, 0.29) is 6.30 Å². The SMILES string of the molecule is CC[Si](C)(C)O[Si](C)(C)CF. The lowest BCUT2D eigenvalue weighted by atomic mass is 11.0. The van der Waals surface area contributed by atoms with Gasteiger partial charge < -0.3 is 4.12 Å². The van der Waals surface area contributed by atoms with E-state index in [9.17, 15) is 4.39 Å². The summed E-state index contributed by atoms with van der Waals surface area (Å²) >= 11 is 0. The molecule has 0 unspecified atom stereocenters. The fourth-order valence-electron chi connectivity index (χ4n) is 0.847. The summed E-state index contributed by atoms with van der Waals surface area (Å²) < 4.78 is 18.2. The number of hydrogen-bond acceptors (Lipinski definition) is 1. The Balaban J connectivity index is 4.02. The summed E-state index contributed by atoms with van der Waals surface area (Å²) in [4.78, 5) is 0. The highest BCUT2D eigenvalue weighted by Gasteiger charge is 2.31. The monoisotopic (exact) mass is 194 g/mol. The van der Waals surface area contributed by atoms with Crippen LogP contribution in [0.25, 0.3) is 0 Å². The van der Waals surface area contributed by atoms with Crippen molar-refractivity contribution in [2.45, 2.75) is 39.2 Å². The maximum Gasteiger partial charge on any atom is 0.205 e. The molecular formula is C7H19FOSi2. The Morgan fingerprint density at radius 3 is 1.82 bits per heavy atom. The van der Waals surface area contributed by atoms with E-state index < -0.39 is 16.6 Å². The zero-order valence-electron chi connectivity index (χ0n) is 8.20. The largest absolute Gasteiger partial charge is 0.454 e. The molecule has 1 nitrogen and oxygen atoms in total. The molecule has 0 amide bonds. The van der Waals surface area contributed by atoms with Crippen molar-refractivity contribution >= 4 is 16.6 Å². The van der Waals surface area contributed by atoms with Gasteiger partial charge in [-0.05, 0) is 32.2 Å². The highest BCUT2D eigenvalue weighted by atomic mass is 28.4. The third-order valence-corrected chi connectivity index (χ3v) is 8.49. The maximum atomic E-state index is 12.4. The Hall–Kier alpha value is 0.324. The number of alkyl halides is 1. The molecule has 0 aromatic heterocycles. The zero-order valence-corrected chi connectivity index (χ0v) is 10.2. The van der Waals surface area contributed by atoms with Gasteiger partial charge in [0.1, 0.15) is 6.30 Å². The van der Waals surface area contributed by atoms with Crippen LogP contribution in [-0.2, 0) is 4.12 Å². The van der Waals surface area contributed by atoms with Crippen LogP contribution in [0.15, 0.2) is 0 Å². The van der Waals surface area contributed by atoms with Crippen LogP contribution >= 0.6 is 0 Å². The molecule has 0 N–H and O–H groups in total. The summed E-state index contributed by atoms with van der Waals surface area (Å²) in [6, 6.07) is 1.07. The molecule has 0 aromatic carbocycles. The lowest BCUT2D eigenvalue weighted by molar-refractivity contribution is 0.479. The van der Waals surface area contributed by atoms with Crippen LogP contribution in [0.2, 0.25) is 32.2 Å². The third kappa shape index (κ3) is 4.71. The van der Waals surface area contributed by atoms with Gasteiger partial charge in [-0.3, -0.25) is 4.39 Å². The summed E-state index contributed by atoms with van der Waals surface area (Å²) in [5, 5.41) is 0. The quantitative estimate of drug-likeness (QED) is 0.625. The second-order valence-electron chi connectivity index (χ2n) is 4.11. The molecule has 0 rings (SSSR count). The van der Waals surface area contributed by atoms with E-state index >= 15 is 0 Å². The van der Waals surface area contributed by atoms with E-state index in [1.165, 1.54) is 0 Å². The van der Waals surface area contributed by atoms with Crippen LogP contribution in [0.5, 0.6) is 0 Å². The smallest absolute Gasteiger partial charge is 0.205 e. The molecular weight excluding hydrogens is 175 g/mol. The molecule has 0 fully saturated rings. The molecule has 11 heavy (non-hydrogen) atoms. The molecule has 0 aliphatic heterocycles. The Kier molecular flexibility index (Phi) is 3.93. The lowest BCUT2D eigenvalue weighted by Gasteiger charge is -2.31. The normalized spacial score (nSPS) is 13.6. The van der Waals surface area contributed by atoms with Gasteiger partial charge >= 0.3 is 0 Å². The van der Waals surface area contributed by atoms with Crippen molar-refractivity contribution in [2.75, 3.05) is 6.30 Å². The van der Waals surface area contributed by atoms with Gasteiger partial charge in [0, 0.05) is 0 Å². The summed E-state index contributed by atoms with van der Waals surface area (Å²) in [7, 11) is -3.45. The topological polar surface area (TPSA) is 9.23 Å². The highest BCUT2D eigenvalue weighted by Crippen LogP contribution is 2.17. The summed E-state index contributed by atoms with van der Waals surface area (Å²) in [5.74, 6) is 0. The minimum Gasteiger partial charge on any atom is -0.454 e. The van der Waals surface area contributed by atoms with Gasteiger partial charge in [0.2, 0.25) is 8.32 Å². The average molecular weight is 194 g/mol. The average Bonchev–Trinajstić information content (AvgIpc) is 1.86. The van der Waals surface area contributed by atoms with Crippen molar-refractivity contribution in [3.05, 3.63) is 0 Å². The van der Waals surface area contributed by atoms with E-state index in [1.807, 2.05) is 13.1 Å².